The predicted octanol–water partition coefficient (Wildman–Crippen LogP) is 2.93. The predicted molar refractivity (Wildman–Crippen MR) is 130 cm³/mol. The number of nitrogens with zero attached hydrogens (tertiary/aromatic N) is 2. The summed E-state index contributed by atoms with van der Waals surface area (Å²) < 4.78 is 27.2. The van der Waals surface area contributed by atoms with Crippen LogP contribution in [0.5, 0.6) is 0 Å². The lowest BCUT2D eigenvalue weighted by molar-refractivity contribution is 0.0963. The molecule has 0 aromatic heterocycles. The lowest BCUT2D eigenvalue weighted by Gasteiger charge is -2.21. The van der Waals surface area contributed by atoms with E-state index in [1.807, 2.05) is 23.1 Å². The molecule has 1 unspecified atom stereocenters. The van der Waals surface area contributed by atoms with E-state index in [0.29, 0.717) is 36.8 Å². The van der Waals surface area contributed by atoms with Crippen molar-refractivity contribution >= 4 is 41.5 Å². The maximum Gasteiger partial charge on any atom is 0.251 e. The number of hydrogen-bond acceptors (Lipinski definition) is 3. The van der Waals surface area contributed by atoms with Gasteiger partial charge in [0.15, 0.2) is 5.96 Å². The summed E-state index contributed by atoms with van der Waals surface area (Å²) in [5.74, 6) is -0.553. The van der Waals surface area contributed by atoms with Crippen LogP contribution in [0.1, 0.15) is 22.3 Å². The van der Waals surface area contributed by atoms with Crippen LogP contribution in [-0.4, -0.2) is 51.6 Å². The fourth-order valence-electron chi connectivity index (χ4n) is 3.56. The molecule has 0 radical (unpaired) electrons. The van der Waals surface area contributed by atoms with Gasteiger partial charge in [-0.15, -0.1) is 24.0 Å². The maximum absolute atomic E-state index is 14.0. The van der Waals surface area contributed by atoms with Gasteiger partial charge < -0.3 is 20.9 Å². The summed E-state index contributed by atoms with van der Waals surface area (Å²) in [7, 11) is 3.31. The van der Waals surface area contributed by atoms with E-state index in [2.05, 4.69) is 20.9 Å². The van der Waals surface area contributed by atoms with Gasteiger partial charge in [-0.3, -0.25) is 9.79 Å². The van der Waals surface area contributed by atoms with Crippen LogP contribution in [0, 0.1) is 11.6 Å². The summed E-state index contributed by atoms with van der Waals surface area (Å²) in [4.78, 5) is 17.9. The first-order chi connectivity index (χ1) is 14.5. The van der Waals surface area contributed by atoms with Gasteiger partial charge in [0, 0.05) is 51.4 Å². The average Bonchev–Trinajstić information content (AvgIpc) is 3.20. The topological polar surface area (TPSA) is 68.8 Å². The second-order valence-electron chi connectivity index (χ2n) is 7.20. The molecule has 1 amide bonds. The fraction of sp³-hybridized carbons (Fsp3) is 0.364. The zero-order valence-corrected chi connectivity index (χ0v) is 20.0. The number of nitrogens with one attached hydrogen (secondary N) is 3. The van der Waals surface area contributed by atoms with Crippen LogP contribution in [-0.2, 0) is 6.42 Å². The highest BCUT2D eigenvalue weighted by Crippen LogP contribution is 2.24. The van der Waals surface area contributed by atoms with Gasteiger partial charge in [0.2, 0.25) is 0 Å². The van der Waals surface area contributed by atoms with Crippen molar-refractivity contribution < 1.29 is 13.6 Å². The van der Waals surface area contributed by atoms with Crippen molar-refractivity contribution in [3.8, 4) is 0 Å². The molecule has 1 aliphatic heterocycles. The zero-order valence-electron chi connectivity index (χ0n) is 17.6. The van der Waals surface area contributed by atoms with Gasteiger partial charge in [-0.2, -0.15) is 0 Å². The molecule has 6 nitrogen and oxygen atoms in total. The minimum Gasteiger partial charge on any atom is -0.367 e. The number of benzene rings is 2. The van der Waals surface area contributed by atoms with Crippen LogP contribution in [0.4, 0.5) is 14.5 Å². The van der Waals surface area contributed by atoms with Gasteiger partial charge in [-0.05, 0) is 42.7 Å². The first-order valence-corrected chi connectivity index (χ1v) is 9.98. The van der Waals surface area contributed by atoms with Crippen LogP contribution < -0.4 is 20.9 Å². The first-order valence-electron chi connectivity index (χ1n) is 9.98. The molecular formula is C22H28F2IN5O. The number of hydrogen-bond donors (Lipinski definition) is 3. The SMILES string of the molecule is CN=C(NCCc1cccc(C(=O)NC)c1)NC1CCN(c2ccc(F)cc2F)C1.I. The highest BCUT2D eigenvalue weighted by atomic mass is 127. The Morgan fingerprint density at radius 3 is 2.74 bits per heavy atom. The Morgan fingerprint density at radius 1 is 1.23 bits per heavy atom. The molecule has 168 valence electrons. The third-order valence-corrected chi connectivity index (χ3v) is 5.13. The summed E-state index contributed by atoms with van der Waals surface area (Å²) in [5, 5.41) is 9.26. The summed E-state index contributed by atoms with van der Waals surface area (Å²) in [6.07, 6.45) is 1.56. The maximum atomic E-state index is 14.0. The van der Waals surface area contributed by atoms with E-state index < -0.39 is 11.6 Å². The van der Waals surface area contributed by atoms with E-state index >= 15 is 0 Å². The average molecular weight is 543 g/mol. The van der Waals surface area contributed by atoms with Gasteiger partial charge in [0.05, 0.1) is 5.69 Å². The zero-order chi connectivity index (χ0) is 21.5. The molecule has 0 saturated carbocycles. The second-order valence-corrected chi connectivity index (χ2v) is 7.20. The second kappa shape index (κ2) is 11.8. The Labute approximate surface area is 198 Å². The van der Waals surface area contributed by atoms with Crippen molar-refractivity contribution in [1.82, 2.24) is 16.0 Å². The van der Waals surface area contributed by atoms with Crippen molar-refractivity contribution in [3.05, 3.63) is 65.2 Å². The summed E-state index contributed by atoms with van der Waals surface area (Å²) >= 11 is 0. The summed E-state index contributed by atoms with van der Waals surface area (Å²) in [6, 6.07) is 11.3. The van der Waals surface area contributed by atoms with Gasteiger partial charge >= 0.3 is 0 Å². The molecule has 3 N–H and O–H groups in total. The van der Waals surface area contributed by atoms with E-state index in [1.165, 1.54) is 12.1 Å². The molecule has 1 saturated heterocycles. The normalized spacial score (nSPS) is 15.9. The molecule has 9 heteroatoms. The van der Waals surface area contributed by atoms with Crippen LogP contribution in [0.25, 0.3) is 0 Å². The Morgan fingerprint density at radius 2 is 2.03 bits per heavy atom. The van der Waals surface area contributed by atoms with Crippen molar-refractivity contribution in [2.24, 2.45) is 4.99 Å². The van der Waals surface area contributed by atoms with Crippen LogP contribution in [0.3, 0.4) is 0 Å². The molecular weight excluding hydrogens is 515 g/mol. The van der Waals surface area contributed by atoms with E-state index in [-0.39, 0.29) is 35.9 Å². The minimum atomic E-state index is -0.574. The number of guanidine groups is 1. The number of aliphatic imine (C=N–C) groups is 1. The van der Waals surface area contributed by atoms with E-state index in [0.717, 1.165) is 24.5 Å². The van der Waals surface area contributed by atoms with Crippen LogP contribution in [0.2, 0.25) is 0 Å². The molecule has 1 fully saturated rings. The number of amides is 1. The molecule has 0 bridgehead atoms. The quantitative estimate of drug-likeness (QED) is 0.298. The minimum absolute atomic E-state index is 0. The molecule has 1 heterocycles. The molecule has 1 aliphatic rings. The molecule has 2 aromatic carbocycles. The number of halogens is 3. The van der Waals surface area contributed by atoms with Crippen LogP contribution >= 0.6 is 24.0 Å². The van der Waals surface area contributed by atoms with E-state index in [1.54, 1.807) is 20.2 Å². The van der Waals surface area contributed by atoms with Crippen molar-refractivity contribution in [2.75, 3.05) is 38.6 Å². The van der Waals surface area contributed by atoms with E-state index in [4.69, 9.17) is 0 Å². The fourth-order valence-corrected chi connectivity index (χ4v) is 3.56. The van der Waals surface area contributed by atoms with Crippen LogP contribution in [0.15, 0.2) is 47.5 Å². The van der Waals surface area contributed by atoms with Gasteiger partial charge in [0.1, 0.15) is 11.6 Å². The van der Waals surface area contributed by atoms with E-state index in [9.17, 15) is 13.6 Å². The number of rotatable bonds is 6. The molecule has 2 aromatic rings. The third kappa shape index (κ3) is 6.78. The Balaban J connectivity index is 0.00000341. The standard InChI is InChI=1S/C22H27F2N5O.HI/c1-25-21(30)16-5-3-4-15(12-16)8-10-27-22(26-2)28-18-9-11-29(14-18)20-7-6-17(23)13-19(20)24;/h3-7,12-13,18H,8-11,14H2,1-2H3,(H,25,30)(H2,26,27,28);1H. The lowest BCUT2D eigenvalue weighted by atomic mass is 10.1. The van der Waals surface area contributed by atoms with Crippen molar-refractivity contribution in [2.45, 2.75) is 18.9 Å². The monoisotopic (exact) mass is 543 g/mol. The van der Waals surface area contributed by atoms with Crippen molar-refractivity contribution in [1.29, 1.82) is 0 Å². The summed E-state index contributed by atoms with van der Waals surface area (Å²) in [6.45, 7) is 1.95. The lowest BCUT2D eigenvalue weighted by Crippen LogP contribution is -2.45. The van der Waals surface area contributed by atoms with Gasteiger partial charge in [-0.25, -0.2) is 8.78 Å². The molecule has 3 rings (SSSR count). The third-order valence-electron chi connectivity index (χ3n) is 5.13. The Kier molecular flexibility index (Phi) is 9.47. The first kappa shape index (κ1) is 24.8. The Hall–Kier alpha value is -2.43. The largest absolute Gasteiger partial charge is 0.367 e. The molecule has 31 heavy (non-hydrogen) atoms. The number of carbonyl (C=O) groups is 1. The van der Waals surface area contributed by atoms with Gasteiger partial charge in [0.25, 0.3) is 5.91 Å². The molecule has 0 aliphatic carbocycles. The number of carbonyl (C=O) groups excluding carboxylic acids is 1. The highest BCUT2D eigenvalue weighted by molar-refractivity contribution is 14.0. The Bertz CT molecular complexity index is 925. The molecule has 0 spiro atoms. The van der Waals surface area contributed by atoms with Gasteiger partial charge in [-0.1, -0.05) is 12.1 Å². The van der Waals surface area contributed by atoms with Crippen molar-refractivity contribution in [3.63, 3.8) is 0 Å². The number of anilines is 1. The summed E-state index contributed by atoms with van der Waals surface area (Å²) in [5.41, 5.74) is 2.11. The smallest absolute Gasteiger partial charge is 0.251 e. The molecule has 1 atom stereocenters. The highest BCUT2D eigenvalue weighted by Gasteiger charge is 2.25.